The summed E-state index contributed by atoms with van der Waals surface area (Å²) >= 11 is 11.8. The molecule has 0 bridgehead atoms. The molecule has 4 heteroatoms. The highest BCUT2D eigenvalue weighted by atomic mass is 35.5. The molecule has 2 nitrogen and oxygen atoms in total. The summed E-state index contributed by atoms with van der Waals surface area (Å²) in [5, 5.41) is 3.80. The first-order chi connectivity index (χ1) is 9.65. The Kier molecular flexibility index (Phi) is 5.45. The Morgan fingerprint density at radius 1 is 1.05 bits per heavy atom. The Balaban J connectivity index is 1.81. The molecule has 0 fully saturated rings. The number of rotatable bonds is 5. The molecule has 2 rings (SSSR count). The highest BCUT2D eigenvalue weighted by Gasteiger charge is 2.06. The van der Waals surface area contributed by atoms with Gasteiger partial charge in [-0.05, 0) is 36.6 Å². The highest BCUT2D eigenvalue weighted by Crippen LogP contribution is 2.25. The maximum absolute atomic E-state index is 11.8. The Labute approximate surface area is 128 Å². The molecule has 0 heterocycles. The molecule has 2 aromatic carbocycles. The van der Waals surface area contributed by atoms with Crippen molar-refractivity contribution in [2.24, 2.45) is 0 Å². The first kappa shape index (κ1) is 14.9. The van der Waals surface area contributed by atoms with Gasteiger partial charge in [-0.3, -0.25) is 4.79 Å². The molecule has 0 saturated heterocycles. The Morgan fingerprint density at radius 3 is 2.50 bits per heavy atom. The van der Waals surface area contributed by atoms with Crippen LogP contribution in [-0.4, -0.2) is 5.91 Å². The van der Waals surface area contributed by atoms with Gasteiger partial charge in [-0.1, -0.05) is 53.5 Å². The fraction of sp³-hybridized carbons (Fsp3) is 0.188. The fourth-order valence-electron chi connectivity index (χ4n) is 1.90. The normalized spacial score (nSPS) is 10.3. The van der Waals surface area contributed by atoms with Crippen molar-refractivity contribution in [3.8, 4) is 0 Å². The zero-order valence-corrected chi connectivity index (χ0v) is 12.4. The summed E-state index contributed by atoms with van der Waals surface area (Å²) in [4.78, 5) is 11.8. The van der Waals surface area contributed by atoms with E-state index in [-0.39, 0.29) is 5.91 Å². The Hall–Kier alpha value is -1.51. The van der Waals surface area contributed by atoms with Crippen molar-refractivity contribution in [2.75, 3.05) is 5.32 Å². The molecule has 1 amide bonds. The van der Waals surface area contributed by atoms with Gasteiger partial charge in [-0.2, -0.15) is 0 Å². The van der Waals surface area contributed by atoms with Gasteiger partial charge in [0.1, 0.15) is 0 Å². The van der Waals surface area contributed by atoms with Crippen LogP contribution in [0.3, 0.4) is 0 Å². The van der Waals surface area contributed by atoms with E-state index in [0.29, 0.717) is 22.2 Å². The first-order valence-electron chi connectivity index (χ1n) is 6.44. The molecule has 0 aromatic heterocycles. The molecular weight excluding hydrogens is 293 g/mol. The van der Waals surface area contributed by atoms with Gasteiger partial charge in [0, 0.05) is 11.4 Å². The summed E-state index contributed by atoms with van der Waals surface area (Å²) in [7, 11) is 0. The van der Waals surface area contributed by atoms with Gasteiger partial charge < -0.3 is 5.32 Å². The number of carbonyl (C=O) groups is 1. The van der Waals surface area contributed by atoms with Crippen molar-refractivity contribution in [2.45, 2.75) is 19.3 Å². The average Bonchev–Trinajstić information content (AvgIpc) is 2.43. The average molecular weight is 308 g/mol. The summed E-state index contributed by atoms with van der Waals surface area (Å²) in [6.45, 7) is 0. The molecule has 20 heavy (non-hydrogen) atoms. The zero-order chi connectivity index (χ0) is 14.4. The number of hydrogen-bond donors (Lipinski definition) is 1. The molecule has 0 atom stereocenters. The smallest absolute Gasteiger partial charge is 0.224 e. The minimum absolute atomic E-state index is 0.0369. The van der Waals surface area contributed by atoms with Crippen LogP contribution in [0.4, 0.5) is 5.69 Å². The molecule has 0 unspecified atom stereocenters. The van der Waals surface area contributed by atoms with Crippen molar-refractivity contribution in [1.82, 2.24) is 0 Å². The van der Waals surface area contributed by atoms with Crippen molar-refractivity contribution in [3.63, 3.8) is 0 Å². The van der Waals surface area contributed by atoms with Crippen molar-refractivity contribution >= 4 is 34.8 Å². The third-order valence-corrected chi connectivity index (χ3v) is 3.47. The molecule has 2 aromatic rings. The van der Waals surface area contributed by atoms with E-state index >= 15 is 0 Å². The lowest BCUT2D eigenvalue weighted by molar-refractivity contribution is -0.116. The number of nitrogens with one attached hydrogen (secondary N) is 1. The third kappa shape index (κ3) is 4.55. The molecule has 0 saturated carbocycles. The second-order valence-corrected chi connectivity index (χ2v) is 5.36. The zero-order valence-electron chi connectivity index (χ0n) is 10.9. The quantitative estimate of drug-likeness (QED) is 0.831. The van der Waals surface area contributed by atoms with Gasteiger partial charge in [-0.25, -0.2) is 0 Å². The summed E-state index contributed by atoms with van der Waals surface area (Å²) in [5.41, 5.74) is 1.84. The van der Waals surface area contributed by atoms with Gasteiger partial charge in [0.2, 0.25) is 5.91 Å². The van der Waals surface area contributed by atoms with Crippen LogP contribution in [0.1, 0.15) is 18.4 Å². The van der Waals surface area contributed by atoms with Crippen LogP contribution in [0.2, 0.25) is 10.0 Å². The minimum atomic E-state index is -0.0369. The van der Waals surface area contributed by atoms with Crippen LogP contribution in [0.25, 0.3) is 0 Å². The second-order valence-electron chi connectivity index (χ2n) is 4.51. The fourth-order valence-corrected chi connectivity index (χ4v) is 2.36. The summed E-state index contributed by atoms with van der Waals surface area (Å²) < 4.78 is 0. The van der Waals surface area contributed by atoms with E-state index in [1.54, 1.807) is 18.2 Å². The largest absolute Gasteiger partial charge is 0.325 e. The third-order valence-electron chi connectivity index (χ3n) is 2.92. The maximum Gasteiger partial charge on any atom is 0.224 e. The highest BCUT2D eigenvalue weighted by molar-refractivity contribution is 6.36. The monoisotopic (exact) mass is 307 g/mol. The van der Waals surface area contributed by atoms with Gasteiger partial charge >= 0.3 is 0 Å². The minimum Gasteiger partial charge on any atom is -0.325 e. The number of anilines is 1. The summed E-state index contributed by atoms with van der Waals surface area (Å²) in [5.74, 6) is -0.0369. The van der Waals surface area contributed by atoms with E-state index < -0.39 is 0 Å². The first-order valence-corrected chi connectivity index (χ1v) is 7.19. The lowest BCUT2D eigenvalue weighted by Gasteiger charge is -2.07. The van der Waals surface area contributed by atoms with Crippen LogP contribution in [-0.2, 0) is 11.2 Å². The summed E-state index contributed by atoms with van der Waals surface area (Å²) in [6.07, 6.45) is 2.16. The van der Waals surface area contributed by atoms with Crippen molar-refractivity contribution in [3.05, 3.63) is 64.1 Å². The van der Waals surface area contributed by atoms with Crippen LogP contribution in [0.15, 0.2) is 48.5 Å². The van der Waals surface area contributed by atoms with E-state index in [1.165, 1.54) is 5.56 Å². The number of amides is 1. The topological polar surface area (TPSA) is 29.1 Å². The molecule has 0 aliphatic heterocycles. The van der Waals surface area contributed by atoms with Gasteiger partial charge in [-0.15, -0.1) is 0 Å². The maximum atomic E-state index is 11.8. The van der Waals surface area contributed by atoms with E-state index in [1.807, 2.05) is 18.2 Å². The lowest BCUT2D eigenvalue weighted by atomic mass is 10.1. The molecule has 0 aliphatic carbocycles. The van der Waals surface area contributed by atoms with Crippen molar-refractivity contribution in [1.29, 1.82) is 0 Å². The Bertz CT molecular complexity index is 584. The van der Waals surface area contributed by atoms with Gasteiger partial charge in [0.15, 0.2) is 0 Å². The number of halogens is 2. The van der Waals surface area contributed by atoms with Crippen LogP contribution < -0.4 is 5.32 Å². The number of carbonyl (C=O) groups excluding carboxylic acids is 1. The van der Waals surface area contributed by atoms with E-state index in [4.69, 9.17) is 23.2 Å². The SMILES string of the molecule is O=C(CCCc1ccccc1)Nc1ccc(Cl)cc1Cl. The second kappa shape index (κ2) is 7.32. The van der Waals surface area contributed by atoms with Gasteiger partial charge in [0.25, 0.3) is 0 Å². The predicted molar refractivity (Wildman–Crippen MR) is 84.5 cm³/mol. The van der Waals surface area contributed by atoms with Crippen LogP contribution in [0.5, 0.6) is 0 Å². The number of hydrogen-bond acceptors (Lipinski definition) is 1. The lowest BCUT2D eigenvalue weighted by Crippen LogP contribution is -2.11. The van der Waals surface area contributed by atoms with E-state index in [0.717, 1.165) is 12.8 Å². The standard InChI is InChI=1S/C16H15Cl2NO/c17-13-9-10-15(14(18)11-13)19-16(20)8-4-7-12-5-2-1-3-6-12/h1-3,5-6,9-11H,4,7-8H2,(H,19,20). The predicted octanol–water partition coefficient (Wildman–Crippen LogP) is 4.95. The molecule has 0 spiro atoms. The number of benzene rings is 2. The molecule has 0 radical (unpaired) electrons. The van der Waals surface area contributed by atoms with E-state index in [2.05, 4.69) is 17.4 Å². The molecule has 1 N–H and O–H groups in total. The summed E-state index contributed by atoms with van der Waals surface area (Å²) in [6, 6.07) is 15.1. The van der Waals surface area contributed by atoms with Gasteiger partial charge in [0.05, 0.1) is 10.7 Å². The molecule has 0 aliphatic rings. The molecule has 104 valence electrons. The van der Waals surface area contributed by atoms with Crippen LogP contribution in [0, 0.1) is 0 Å². The van der Waals surface area contributed by atoms with E-state index in [9.17, 15) is 4.79 Å². The van der Waals surface area contributed by atoms with Crippen molar-refractivity contribution < 1.29 is 4.79 Å². The molecular formula is C16H15Cl2NO. The Morgan fingerprint density at radius 2 is 1.80 bits per heavy atom. The van der Waals surface area contributed by atoms with Crippen LogP contribution >= 0.6 is 23.2 Å². The number of aryl methyl sites for hydroxylation is 1.